The molecule has 2 aliphatic rings. The van der Waals surface area contributed by atoms with Crippen LogP contribution in [0.2, 0.25) is 0 Å². The molecule has 0 N–H and O–H groups in total. The zero-order valence-corrected chi connectivity index (χ0v) is 8.71. The fraction of sp³-hybridized carbons (Fsp3) is 0.900. The summed E-state index contributed by atoms with van der Waals surface area (Å²) in [5, 5.41) is 0. The number of rotatable bonds is 0. The van der Waals surface area contributed by atoms with E-state index in [0.717, 1.165) is 31.6 Å². The Labute approximate surface area is 79.8 Å². The molecule has 2 heterocycles. The monoisotopic (exact) mass is 182 g/mol. The summed E-state index contributed by atoms with van der Waals surface area (Å²) in [5.74, 6) is 0.787. The lowest BCUT2D eigenvalue weighted by Gasteiger charge is -2.15. The van der Waals surface area contributed by atoms with Crippen LogP contribution in [0.4, 0.5) is 0 Å². The smallest absolute Gasteiger partial charge is 0.288 e. The molecule has 1 fully saturated rings. The average Bonchev–Trinajstić information content (AvgIpc) is 2.56. The van der Waals surface area contributed by atoms with Gasteiger partial charge in [-0.05, 0) is 26.2 Å². The quantitative estimate of drug-likeness (QED) is 0.567. The summed E-state index contributed by atoms with van der Waals surface area (Å²) in [7, 11) is 0. The maximum Gasteiger partial charge on any atom is 0.288 e. The fourth-order valence-electron chi connectivity index (χ4n) is 1.84. The van der Waals surface area contributed by atoms with Crippen molar-refractivity contribution in [2.45, 2.75) is 32.7 Å². The summed E-state index contributed by atoms with van der Waals surface area (Å²) >= 11 is 0. The summed E-state index contributed by atoms with van der Waals surface area (Å²) in [6.07, 6.45) is 1.27. The second-order valence-corrected chi connectivity index (χ2v) is 4.84. The van der Waals surface area contributed by atoms with Gasteiger partial charge in [0.1, 0.15) is 6.61 Å². The molecule has 0 aromatic carbocycles. The third-order valence-corrected chi connectivity index (χ3v) is 2.65. The van der Waals surface area contributed by atoms with E-state index in [2.05, 4.69) is 30.7 Å². The largest absolute Gasteiger partial charge is 0.463 e. The number of aliphatic imine (C=N–C) groups is 1. The lowest BCUT2D eigenvalue weighted by molar-refractivity contribution is 0.241. The molecule has 0 spiro atoms. The summed E-state index contributed by atoms with van der Waals surface area (Å²) in [5.41, 5.74) is -0.0127. The number of amidine groups is 1. The van der Waals surface area contributed by atoms with Crippen molar-refractivity contribution < 1.29 is 4.74 Å². The van der Waals surface area contributed by atoms with Crippen LogP contribution in [0.15, 0.2) is 4.99 Å². The molecule has 0 aliphatic carbocycles. The van der Waals surface area contributed by atoms with Gasteiger partial charge in [0.2, 0.25) is 0 Å². The summed E-state index contributed by atoms with van der Waals surface area (Å²) < 4.78 is 5.58. The van der Waals surface area contributed by atoms with Gasteiger partial charge in [0.05, 0.1) is 5.54 Å². The molecule has 13 heavy (non-hydrogen) atoms. The van der Waals surface area contributed by atoms with Crippen molar-refractivity contribution in [2.24, 2.45) is 10.9 Å². The lowest BCUT2D eigenvalue weighted by Crippen LogP contribution is -2.28. The van der Waals surface area contributed by atoms with E-state index in [4.69, 9.17) is 4.74 Å². The molecular weight excluding hydrogens is 164 g/mol. The van der Waals surface area contributed by atoms with E-state index in [1.807, 2.05) is 0 Å². The van der Waals surface area contributed by atoms with Crippen LogP contribution in [0.5, 0.6) is 0 Å². The summed E-state index contributed by atoms with van der Waals surface area (Å²) in [6.45, 7) is 9.44. The first kappa shape index (κ1) is 8.85. The normalized spacial score (nSPS) is 31.8. The van der Waals surface area contributed by atoms with E-state index >= 15 is 0 Å². The van der Waals surface area contributed by atoms with Crippen LogP contribution in [0, 0.1) is 5.92 Å². The molecule has 3 heteroatoms. The third-order valence-electron chi connectivity index (χ3n) is 2.65. The first-order valence-corrected chi connectivity index (χ1v) is 5.04. The van der Waals surface area contributed by atoms with E-state index in [-0.39, 0.29) is 5.54 Å². The summed E-state index contributed by atoms with van der Waals surface area (Å²) in [4.78, 5) is 6.82. The first-order chi connectivity index (χ1) is 6.07. The van der Waals surface area contributed by atoms with E-state index in [1.165, 1.54) is 6.42 Å². The van der Waals surface area contributed by atoms with Crippen LogP contribution in [0.25, 0.3) is 0 Å². The topological polar surface area (TPSA) is 24.8 Å². The molecule has 0 amide bonds. The van der Waals surface area contributed by atoms with Crippen molar-refractivity contribution in [3.05, 3.63) is 0 Å². The molecular formula is C10H18N2O. The Kier molecular flexibility index (Phi) is 1.97. The van der Waals surface area contributed by atoms with Gasteiger partial charge in [0, 0.05) is 13.1 Å². The van der Waals surface area contributed by atoms with Gasteiger partial charge >= 0.3 is 0 Å². The highest BCUT2D eigenvalue weighted by Crippen LogP contribution is 2.22. The van der Waals surface area contributed by atoms with Crippen LogP contribution < -0.4 is 0 Å². The first-order valence-electron chi connectivity index (χ1n) is 5.04. The van der Waals surface area contributed by atoms with Gasteiger partial charge in [-0.2, -0.15) is 0 Å². The van der Waals surface area contributed by atoms with Gasteiger partial charge in [-0.25, -0.2) is 4.99 Å². The van der Waals surface area contributed by atoms with Crippen LogP contribution >= 0.6 is 0 Å². The Morgan fingerprint density at radius 3 is 2.77 bits per heavy atom. The molecule has 2 aliphatic heterocycles. The molecule has 1 unspecified atom stereocenters. The van der Waals surface area contributed by atoms with Crippen molar-refractivity contribution in [1.29, 1.82) is 0 Å². The van der Waals surface area contributed by atoms with Crippen molar-refractivity contribution in [3.8, 4) is 0 Å². The minimum absolute atomic E-state index is 0.0127. The van der Waals surface area contributed by atoms with Crippen molar-refractivity contribution >= 4 is 6.02 Å². The van der Waals surface area contributed by atoms with Crippen molar-refractivity contribution in [2.75, 3.05) is 19.7 Å². The van der Waals surface area contributed by atoms with Crippen LogP contribution in [0.1, 0.15) is 27.2 Å². The second kappa shape index (κ2) is 2.89. The van der Waals surface area contributed by atoms with Gasteiger partial charge in [-0.15, -0.1) is 0 Å². The molecule has 1 saturated heterocycles. The van der Waals surface area contributed by atoms with Crippen LogP contribution in [-0.2, 0) is 4.74 Å². The molecule has 2 rings (SSSR count). The number of nitrogens with zero attached hydrogens (tertiary/aromatic N) is 2. The highest BCUT2D eigenvalue weighted by molar-refractivity contribution is 5.76. The standard InChI is InChI=1S/C10H18N2O/c1-8-4-5-12(6-8)9-11-10(2,3)7-13-9/h8H,4-7H2,1-3H3. The van der Waals surface area contributed by atoms with E-state index in [0.29, 0.717) is 0 Å². The number of likely N-dealkylation sites (tertiary alicyclic amines) is 1. The minimum Gasteiger partial charge on any atom is -0.463 e. The van der Waals surface area contributed by atoms with E-state index in [9.17, 15) is 0 Å². The lowest BCUT2D eigenvalue weighted by atomic mass is 10.1. The third kappa shape index (κ3) is 1.79. The van der Waals surface area contributed by atoms with Gasteiger partial charge in [0.15, 0.2) is 0 Å². The van der Waals surface area contributed by atoms with Crippen molar-refractivity contribution in [1.82, 2.24) is 4.90 Å². The maximum absolute atomic E-state index is 5.58. The van der Waals surface area contributed by atoms with Crippen LogP contribution in [-0.4, -0.2) is 36.2 Å². The zero-order valence-electron chi connectivity index (χ0n) is 8.71. The minimum atomic E-state index is -0.0127. The van der Waals surface area contributed by atoms with Gasteiger partial charge < -0.3 is 9.64 Å². The highest BCUT2D eigenvalue weighted by atomic mass is 16.5. The second-order valence-electron chi connectivity index (χ2n) is 4.84. The Balaban J connectivity index is 2.03. The predicted molar refractivity (Wildman–Crippen MR) is 52.8 cm³/mol. The zero-order chi connectivity index (χ0) is 9.47. The van der Waals surface area contributed by atoms with Gasteiger partial charge in [0.25, 0.3) is 6.02 Å². The van der Waals surface area contributed by atoms with Crippen molar-refractivity contribution in [3.63, 3.8) is 0 Å². The predicted octanol–water partition coefficient (Wildman–Crippen LogP) is 1.49. The molecule has 1 atom stereocenters. The Bertz CT molecular complexity index is 235. The van der Waals surface area contributed by atoms with Crippen LogP contribution in [0.3, 0.4) is 0 Å². The molecule has 0 aromatic heterocycles. The SMILES string of the molecule is CC1CCN(C2=NC(C)(C)CO2)C1. The Morgan fingerprint density at radius 2 is 2.31 bits per heavy atom. The Morgan fingerprint density at radius 1 is 1.54 bits per heavy atom. The van der Waals surface area contributed by atoms with E-state index < -0.39 is 0 Å². The molecule has 74 valence electrons. The van der Waals surface area contributed by atoms with Gasteiger partial charge in [-0.1, -0.05) is 6.92 Å². The molecule has 0 radical (unpaired) electrons. The molecule has 0 saturated carbocycles. The van der Waals surface area contributed by atoms with Gasteiger partial charge in [-0.3, -0.25) is 0 Å². The Hall–Kier alpha value is -0.730. The fourth-order valence-corrected chi connectivity index (χ4v) is 1.84. The number of hydrogen-bond acceptors (Lipinski definition) is 3. The average molecular weight is 182 g/mol. The maximum atomic E-state index is 5.58. The highest BCUT2D eigenvalue weighted by Gasteiger charge is 2.32. The summed E-state index contributed by atoms with van der Waals surface area (Å²) in [6, 6.07) is 0.870. The molecule has 0 bridgehead atoms. The molecule has 0 aromatic rings. The number of ether oxygens (including phenoxy) is 1. The van der Waals surface area contributed by atoms with E-state index in [1.54, 1.807) is 0 Å². The molecule has 3 nitrogen and oxygen atoms in total. The number of hydrogen-bond donors (Lipinski definition) is 0.